The molecule has 3 aromatic carbocycles. The fourth-order valence-corrected chi connectivity index (χ4v) is 3.78. The number of carbonyl (C=O) groups excluding carboxylic acids is 1. The zero-order valence-electron chi connectivity index (χ0n) is 16.4. The van der Waals surface area contributed by atoms with Gasteiger partial charge in [-0.25, -0.2) is 0 Å². The number of nitrogens with zero attached hydrogens (tertiary/aromatic N) is 1. The van der Waals surface area contributed by atoms with Crippen LogP contribution in [0.5, 0.6) is 5.75 Å². The maximum atomic E-state index is 12.7. The lowest BCUT2D eigenvalue weighted by Gasteiger charge is -2.18. The normalized spacial score (nSPS) is 15.1. The summed E-state index contributed by atoms with van der Waals surface area (Å²) in [5.41, 5.74) is 2.78. The highest BCUT2D eigenvalue weighted by Gasteiger charge is 2.25. The van der Waals surface area contributed by atoms with E-state index >= 15 is 0 Å². The highest BCUT2D eigenvalue weighted by Crippen LogP contribution is 2.28. The maximum absolute atomic E-state index is 12.7. The molecule has 0 amide bonds. The molecular weight excluding hydrogens is 362 g/mol. The number of aliphatic hydroxyl groups excluding tert-OH is 1. The molecule has 146 valence electrons. The summed E-state index contributed by atoms with van der Waals surface area (Å²) in [7, 11) is 1.62. The molecule has 0 spiro atoms. The Morgan fingerprint density at radius 3 is 2.52 bits per heavy atom. The van der Waals surface area contributed by atoms with Crippen molar-refractivity contribution >= 4 is 28.0 Å². The van der Waals surface area contributed by atoms with E-state index in [0.29, 0.717) is 37.0 Å². The van der Waals surface area contributed by atoms with Crippen molar-refractivity contribution in [2.75, 3.05) is 7.11 Å². The number of allylic oxidation sites excluding steroid dienone is 2. The van der Waals surface area contributed by atoms with Gasteiger partial charge in [0.2, 0.25) is 0 Å². The highest BCUT2D eigenvalue weighted by atomic mass is 16.5. The second-order valence-corrected chi connectivity index (χ2v) is 7.17. The summed E-state index contributed by atoms with van der Waals surface area (Å²) in [5, 5.41) is 12.8. The number of benzene rings is 3. The number of hydrogen-bond donors (Lipinski definition) is 1. The Morgan fingerprint density at radius 2 is 1.76 bits per heavy atom. The van der Waals surface area contributed by atoms with Crippen LogP contribution < -0.4 is 4.74 Å². The Kier molecular flexibility index (Phi) is 5.43. The fraction of sp³-hybridized carbons (Fsp3) is 0.200. The Bertz CT molecular complexity index is 1110. The molecule has 4 heteroatoms. The lowest BCUT2D eigenvalue weighted by Crippen LogP contribution is -2.21. The monoisotopic (exact) mass is 385 g/mol. The van der Waals surface area contributed by atoms with Crippen LogP contribution in [0.2, 0.25) is 0 Å². The van der Waals surface area contributed by atoms with E-state index in [2.05, 4.69) is 24.3 Å². The largest absolute Gasteiger partial charge is 0.511 e. The first kappa shape index (κ1) is 18.9. The second kappa shape index (κ2) is 8.31. The average molecular weight is 385 g/mol. The lowest BCUT2D eigenvalue weighted by molar-refractivity contribution is -0.115. The number of hydrogen-bond acceptors (Lipinski definition) is 4. The van der Waals surface area contributed by atoms with E-state index in [9.17, 15) is 9.90 Å². The van der Waals surface area contributed by atoms with Gasteiger partial charge in [0, 0.05) is 19.3 Å². The van der Waals surface area contributed by atoms with Gasteiger partial charge >= 0.3 is 0 Å². The van der Waals surface area contributed by atoms with E-state index in [1.54, 1.807) is 7.11 Å². The van der Waals surface area contributed by atoms with E-state index in [-0.39, 0.29) is 11.5 Å². The molecule has 29 heavy (non-hydrogen) atoms. The Hall–Kier alpha value is -3.40. The molecule has 4 nitrogen and oxygen atoms in total. The predicted octanol–water partition coefficient (Wildman–Crippen LogP) is 5.73. The number of Topliss-reactive ketones (excluding diaryl/α,β-unsaturated/α-hetero) is 1. The summed E-state index contributed by atoms with van der Waals surface area (Å²) in [6.07, 6.45) is 2.10. The number of fused-ring (bicyclic) bond motifs is 1. The number of ether oxygens (including phenoxy) is 1. The standard InChI is InChI=1S/C25H23NO3/c1-29-20-14-12-19(13-15-20)26-22(25-23(27)10-5-11-24(25)28)16-18-8-4-7-17-6-2-3-9-21(17)18/h2-4,6-9,12-15,27H,5,10-11,16H2,1H3. The van der Waals surface area contributed by atoms with Crippen molar-refractivity contribution < 1.29 is 14.6 Å². The predicted molar refractivity (Wildman–Crippen MR) is 116 cm³/mol. The number of ketones is 1. The summed E-state index contributed by atoms with van der Waals surface area (Å²) >= 11 is 0. The molecule has 0 bridgehead atoms. The third-order valence-electron chi connectivity index (χ3n) is 5.25. The molecule has 0 heterocycles. The molecule has 0 aliphatic heterocycles. The highest BCUT2D eigenvalue weighted by molar-refractivity contribution is 6.24. The van der Waals surface area contributed by atoms with Crippen molar-refractivity contribution in [3.63, 3.8) is 0 Å². The average Bonchev–Trinajstić information content (AvgIpc) is 2.74. The zero-order valence-corrected chi connectivity index (χ0v) is 16.4. The molecule has 4 rings (SSSR count). The molecule has 0 unspecified atom stereocenters. The number of carbonyl (C=O) groups is 1. The van der Waals surface area contributed by atoms with Crippen LogP contribution in [0.3, 0.4) is 0 Å². The van der Waals surface area contributed by atoms with Gasteiger partial charge in [-0.15, -0.1) is 0 Å². The maximum Gasteiger partial charge on any atom is 0.168 e. The summed E-state index contributed by atoms with van der Waals surface area (Å²) < 4.78 is 5.22. The fourth-order valence-electron chi connectivity index (χ4n) is 3.78. The third kappa shape index (κ3) is 4.06. The number of rotatable bonds is 5. The minimum absolute atomic E-state index is 0.0405. The molecule has 0 atom stereocenters. The summed E-state index contributed by atoms with van der Waals surface area (Å²) in [6.45, 7) is 0. The van der Waals surface area contributed by atoms with E-state index < -0.39 is 0 Å². The van der Waals surface area contributed by atoms with Crippen LogP contribution in [0, 0.1) is 0 Å². The first-order chi connectivity index (χ1) is 14.2. The third-order valence-corrected chi connectivity index (χ3v) is 5.25. The van der Waals surface area contributed by atoms with Crippen molar-refractivity contribution in [3.8, 4) is 5.75 Å². The zero-order chi connectivity index (χ0) is 20.2. The van der Waals surface area contributed by atoms with Gasteiger partial charge in [0.25, 0.3) is 0 Å². The molecular formula is C25H23NO3. The Balaban J connectivity index is 1.81. The molecule has 0 radical (unpaired) electrons. The molecule has 0 aromatic heterocycles. The molecule has 1 aliphatic rings. The molecule has 0 saturated heterocycles. The summed E-state index contributed by atoms with van der Waals surface area (Å²) in [4.78, 5) is 17.5. The first-order valence-electron chi connectivity index (χ1n) is 9.79. The number of methoxy groups -OCH3 is 1. The van der Waals surface area contributed by atoms with Crippen molar-refractivity contribution in [3.05, 3.63) is 83.6 Å². The van der Waals surface area contributed by atoms with E-state index in [0.717, 1.165) is 27.8 Å². The van der Waals surface area contributed by atoms with Crippen LogP contribution in [-0.2, 0) is 11.2 Å². The van der Waals surface area contributed by atoms with Crippen LogP contribution in [-0.4, -0.2) is 23.7 Å². The van der Waals surface area contributed by atoms with Crippen molar-refractivity contribution in [1.82, 2.24) is 0 Å². The van der Waals surface area contributed by atoms with Gasteiger partial charge in [-0.05, 0) is 47.0 Å². The second-order valence-electron chi connectivity index (χ2n) is 7.17. The van der Waals surface area contributed by atoms with Crippen LogP contribution in [0.1, 0.15) is 24.8 Å². The first-order valence-corrected chi connectivity index (χ1v) is 9.79. The smallest absolute Gasteiger partial charge is 0.168 e. The van der Waals surface area contributed by atoms with Crippen LogP contribution in [0.15, 0.2) is 83.1 Å². The SMILES string of the molecule is COc1ccc(N=C(Cc2cccc3ccccc23)C2=C(O)CCCC2=O)cc1. The van der Waals surface area contributed by atoms with Gasteiger partial charge in [-0.1, -0.05) is 42.5 Å². The topological polar surface area (TPSA) is 58.9 Å². The van der Waals surface area contributed by atoms with Gasteiger partial charge in [-0.3, -0.25) is 9.79 Å². The minimum Gasteiger partial charge on any atom is -0.511 e. The van der Waals surface area contributed by atoms with Gasteiger partial charge in [0.15, 0.2) is 5.78 Å². The van der Waals surface area contributed by atoms with Gasteiger partial charge in [0.1, 0.15) is 11.5 Å². The van der Waals surface area contributed by atoms with Gasteiger partial charge in [0.05, 0.1) is 24.1 Å². The summed E-state index contributed by atoms with van der Waals surface area (Å²) in [5.74, 6) is 0.852. The molecule has 3 aromatic rings. The quantitative estimate of drug-likeness (QED) is 0.571. The Labute approximate surface area is 170 Å². The van der Waals surface area contributed by atoms with Gasteiger partial charge in [-0.2, -0.15) is 0 Å². The Morgan fingerprint density at radius 1 is 1.00 bits per heavy atom. The number of aliphatic hydroxyl groups is 1. The van der Waals surface area contributed by atoms with E-state index in [1.165, 1.54) is 0 Å². The van der Waals surface area contributed by atoms with E-state index in [1.807, 2.05) is 42.5 Å². The molecule has 0 saturated carbocycles. The van der Waals surface area contributed by atoms with Gasteiger partial charge < -0.3 is 9.84 Å². The van der Waals surface area contributed by atoms with Crippen molar-refractivity contribution in [1.29, 1.82) is 0 Å². The molecule has 0 fully saturated rings. The number of aliphatic imine (C=N–C) groups is 1. The van der Waals surface area contributed by atoms with E-state index in [4.69, 9.17) is 9.73 Å². The van der Waals surface area contributed by atoms with Crippen LogP contribution >= 0.6 is 0 Å². The van der Waals surface area contributed by atoms with Crippen molar-refractivity contribution in [2.45, 2.75) is 25.7 Å². The van der Waals surface area contributed by atoms with Crippen LogP contribution in [0.4, 0.5) is 5.69 Å². The lowest BCUT2D eigenvalue weighted by atomic mass is 9.89. The van der Waals surface area contributed by atoms with Crippen molar-refractivity contribution in [2.24, 2.45) is 4.99 Å². The molecule has 1 aliphatic carbocycles. The summed E-state index contributed by atoms with van der Waals surface area (Å²) in [6, 6.07) is 21.7. The molecule has 1 N–H and O–H groups in total. The minimum atomic E-state index is -0.0405. The van der Waals surface area contributed by atoms with Crippen LogP contribution in [0.25, 0.3) is 10.8 Å².